The van der Waals surface area contributed by atoms with Crippen LogP contribution >= 0.6 is 0 Å². The minimum atomic E-state index is 0.716. The van der Waals surface area contributed by atoms with Crippen LogP contribution in [0.25, 0.3) is 0 Å². The van der Waals surface area contributed by atoms with Gasteiger partial charge < -0.3 is 4.90 Å². The van der Waals surface area contributed by atoms with Crippen LogP contribution in [0.5, 0.6) is 0 Å². The van der Waals surface area contributed by atoms with Crippen molar-refractivity contribution in [2.75, 3.05) is 20.1 Å². The molecule has 14 heavy (non-hydrogen) atoms. The minimum absolute atomic E-state index is 0.716. The molecule has 1 aliphatic heterocycles. The van der Waals surface area contributed by atoms with E-state index in [4.69, 9.17) is 0 Å². The molecule has 0 unspecified atom stereocenters. The zero-order chi connectivity index (χ0) is 10.7. The van der Waals surface area contributed by atoms with Gasteiger partial charge in [-0.1, -0.05) is 38.8 Å². The second-order valence-corrected chi connectivity index (χ2v) is 5.20. The molecule has 0 aromatic heterocycles. The van der Waals surface area contributed by atoms with Crippen molar-refractivity contribution >= 4 is 0 Å². The molecule has 0 saturated carbocycles. The number of allylic oxidation sites excluding steroid dienone is 1. The summed E-state index contributed by atoms with van der Waals surface area (Å²) in [5.41, 5.74) is 3.42. The van der Waals surface area contributed by atoms with E-state index in [0.717, 1.165) is 5.92 Å². The van der Waals surface area contributed by atoms with Crippen LogP contribution in [-0.4, -0.2) is 25.0 Å². The van der Waals surface area contributed by atoms with Gasteiger partial charge in [-0.3, -0.25) is 0 Å². The van der Waals surface area contributed by atoms with Crippen LogP contribution < -0.4 is 0 Å². The third-order valence-corrected chi connectivity index (χ3v) is 3.23. The molecule has 1 heteroatoms. The molecule has 0 N–H and O–H groups in total. The summed E-state index contributed by atoms with van der Waals surface area (Å²) in [6.45, 7) is 11.8. The Morgan fingerprint density at radius 1 is 1.00 bits per heavy atom. The second-order valence-electron chi connectivity index (χ2n) is 5.20. The van der Waals surface area contributed by atoms with E-state index in [-0.39, 0.29) is 0 Å². The molecule has 0 radical (unpaired) electrons. The van der Waals surface area contributed by atoms with Gasteiger partial charge in [0, 0.05) is 6.54 Å². The van der Waals surface area contributed by atoms with Crippen LogP contribution in [0.2, 0.25) is 0 Å². The number of hydrogen-bond donors (Lipinski definition) is 0. The number of hydrogen-bond acceptors (Lipinski definition) is 1. The van der Waals surface area contributed by atoms with Crippen molar-refractivity contribution in [1.29, 1.82) is 0 Å². The van der Waals surface area contributed by atoms with Crippen molar-refractivity contribution in [3.63, 3.8) is 0 Å². The van der Waals surface area contributed by atoms with E-state index >= 15 is 0 Å². The fourth-order valence-corrected chi connectivity index (χ4v) is 2.38. The minimum Gasteiger partial charge on any atom is -0.302 e. The second kappa shape index (κ2) is 4.97. The maximum atomic E-state index is 2.46. The monoisotopic (exact) mass is 195 g/mol. The van der Waals surface area contributed by atoms with Crippen molar-refractivity contribution in [2.24, 2.45) is 11.8 Å². The van der Waals surface area contributed by atoms with Crippen LogP contribution in [0, 0.1) is 11.8 Å². The summed E-state index contributed by atoms with van der Waals surface area (Å²) >= 11 is 0. The molecule has 0 bridgehead atoms. The van der Waals surface area contributed by atoms with Gasteiger partial charge in [-0.05, 0) is 38.3 Å². The largest absolute Gasteiger partial charge is 0.302 e. The highest BCUT2D eigenvalue weighted by molar-refractivity contribution is 5.20. The van der Waals surface area contributed by atoms with E-state index in [9.17, 15) is 0 Å². The van der Waals surface area contributed by atoms with Crippen LogP contribution in [0.1, 0.15) is 40.5 Å². The highest BCUT2D eigenvalue weighted by Crippen LogP contribution is 2.28. The topological polar surface area (TPSA) is 3.24 Å². The van der Waals surface area contributed by atoms with E-state index in [1.165, 1.54) is 25.9 Å². The number of rotatable bonds is 2. The molecule has 0 amide bonds. The Morgan fingerprint density at radius 2 is 1.57 bits per heavy atom. The zero-order valence-corrected chi connectivity index (χ0v) is 10.4. The lowest BCUT2D eigenvalue weighted by Crippen LogP contribution is -2.22. The lowest BCUT2D eigenvalue weighted by atomic mass is 9.88. The maximum absolute atomic E-state index is 2.46. The lowest BCUT2D eigenvalue weighted by Gasteiger charge is -2.21. The molecule has 1 heterocycles. The van der Waals surface area contributed by atoms with Gasteiger partial charge in [-0.15, -0.1) is 0 Å². The van der Waals surface area contributed by atoms with Gasteiger partial charge in [0.2, 0.25) is 0 Å². The molecule has 0 aromatic rings. The third kappa shape index (κ3) is 2.84. The van der Waals surface area contributed by atoms with Gasteiger partial charge in [0.15, 0.2) is 0 Å². The summed E-state index contributed by atoms with van der Waals surface area (Å²) in [6.07, 6.45) is 2.65. The molecule has 1 rings (SSSR count). The average molecular weight is 195 g/mol. The Bertz CT molecular complexity index is 213. The fraction of sp³-hybridized carbons (Fsp3) is 0.846. The first-order valence-electron chi connectivity index (χ1n) is 5.92. The molecule has 0 aliphatic carbocycles. The van der Waals surface area contributed by atoms with E-state index in [0.29, 0.717) is 5.92 Å². The first-order chi connectivity index (χ1) is 6.52. The molecular weight excluding hydrogens is 170 g/mol. The molecular formula is C13H25N. The quantitative estimate of drug-likeness (QED) is 0.611. The average Bonchev–Trinajstić information content (AvgIpc) is 2.26. The standard InChI is InChI=1S/C13H25N/c1-10(2)12-7-6-8-14(5)9-13(12)11(3)4/h10-11H,6-9H2,1-5H3. The molecule has 0 saturated heterocycles. The molecule has 1 nitrogen and oxygen atoms in total. The van der Waals surface area contributed by atoms with Gasteiger partial charge in [-0.2, -0.15) is 0 Å². The predicted octanol–water partition coefficient (Wildman–Crippen LogP) is 3.32. The van der Waals surface area contributed by atoms with E-state index in [1.54, 1.807) is 11.1 Å². The van der Waals surface area contributed by atoms with Crippen LogP contribution in [0.4, 0.5) is 0 Å². The van der Waals surface area contributed by atoms with Crippen molar-refractivity contribution in [3.8, 4) is 0 Å². The number of nitrogens with zero attached hydrogens (tertiary/aromatic N) is 1. The van der Waals surface area contributed by atoms with E-state index in [2.05, 4.69) is 39.6 Å². The molecule has 82 valence electrons. The fourth-order valence-electron chi connectivity index (χ4n) is 2.38. The van der Waals surface area contributed by atoms with Gasteiger partial charge in [-0.25, -0.2) is 0 Å². The summed E-state index contributed by atoms with van der Waals surface area (Å²) < 4.78 is 0. The first kappa shape index (κ1) is 11.8. The Labute approximate surface area is 89.2 Å². The summed E-state index contributed by atoms with van der Waals surface area (Å²) in [5.74, 6) is 1.45. The summed E-state index contributed by atoms with van der Waals surface area (Å²) in [6, 6.07) is 0. The highest BCUT2D eigenvalue weighted by Gasteiger charge is 2.18. The maximum Gasteiger partial charge on any atom is 0.0195 e. The number of likely N-dealkylation sites (N-methyl/N-ethyl adjacent to an activating group) is 1. The molecule has 0 fully saturated rings. The van der Waals surface area contributed by atoms with Crippen LogP contribution in [-0.2, 0) is 0 Å². The van der Waals surface area contributed by atoms with Crippen molar-refractivity contribution in [3.05, 3.63) is 11.1 Å². The van der Waals surface area contributed by atoms with E-state index < -0.39 is 0 Å². The van der Waals surface area contributed by atoms with Crippen LogP contribution in [0.15, 0.2) is 11.1 Å². The zero-order valence-electron chi connectivity index (χ0n) is 10.4. The molecule has 0 spiro atoms. The molecule has 1 aliphatic rings. The van der Waals surface area contributed by atoms with Crippen LogP contribution in [0.3, 0.4) is 0 Å². The van der Waals surface area contributed by atoms with Gasteiger partial charge in [0.1, 0.15) is 0 Å². The van der Waals surface area contributed by atoms with E-state index in [1.807, 2.05) is 0 Å². The van der Waals surface area contributed by atoms with Crippen molar-refractivity contribution < 1.29 is 0 Å². The van der Waals surface area contributed by atoms with Gasteiger partial charge >= 0.3 is 0 Å². The SMILES string of the molecule is CC(C)C1=C(C(C)C)CN(C)CCC1. The normalized spacial score (nSPS) is 20.8. The summed E-state index contributed by atoms with van der Waals surface area (Å²) in [5, 5.41) is 0. The lowest BCUT2D eigenvalue weighted by molar-refractivity contribution is 0.357. The van der Waals surface area contributed by atoms with Crippen molar-refractivity contribution in [2.45, 2.75) is 40.5 Å². The predicted molar refractivity (Wildman–Crippen MR) is 63.4 cm³/mol. The molecule has 0 atom stereocenters. The van der Waals surface area contributed by atoms with Gasteiger partial charge in [0.05, 0.1) is 0 Å². The summed E-state index contributed by atoms with van der Waals surface area (Å²) in [7, 11) is 2.24. The Morgan fingerprint density at radius 3 is 2.07 bits per heavy atom. The smallest absolute Gasteiger partial charge is 0.0195 e. The van der Waals surface area contributed by atoms with Crippen molar-refractivity contribution in [1.82, 2.24) is 4.90 Å². The Kier molecular flexibility index (Phi) is 4.18. The molecule has 0 aromatic carbocycles. The Balaban J connectivity index is 2.91. The summed E-state index contributed by atoms with van der Waals surface area (Å²) in [4.78, 5) is 2.46. The Hall–Kier alpha value is -0.300. The first-order valence-corrected chi connectivity index (χ1v) is 5.92. The van der Waals surface area contributed by atoms with Gasteiger partial charge in [0.25, 0.3) is 0 Å². The highest BCUT2D eigenvalue weighted by atomic mass is 15.1. The third-order valence-electron chi connectivity index (χ3n) is 3.23.